The van der Waals surface area contributed by atoms with Gasteiger partial charge in [0, 0.05) is 5.56 Å². The number of Topliss-reactive ketones (excluding diaryl/α,β-unsaturated/α-hetero) is 1. The van der Waals surface area contributed by atoms with Gasteiger partial charge in [-0.05, 0) is 29.8 Å². The second kappa shape index (κ2) is 7.60. The third-order valence-corrected chi connectivity index (χ3v) is 3.79. The van der Waals surface area contributed by atoms with E-state index in [9.17, 15) is 44.3 Å². The summed E-state index contributed by atoms with van der Waals surface area (Å²) in [7, 11) is 0. The van der Waals surface area contributed by atoms with Crippen LogP contribution in [0.15, 0.2) is 54.6 Å². The van der Waals surface area contributed by atoms with Gasteiger partial charge >= 0.3 is 23.9 Å². The van der Waals surface area contributed by atoms with E-state index in [1.807, 2.05) is 0 Å². The van der Waals surface area contributed by atoms with Crippen LogP contribution >= 0.6 is 0 Å². The molecular formula is C18H11F9O2. The van der Waals surface area contributed by atoms with Gasteiger partial charge in [-0.25, -0.2) is 0 Å². The fraction of sp³-hybridized carbons (Fsp3) is 0.278. The molecule has 29 heavy (non-hydrogen) atoms. The number of hydrogen-bond acceptors (Lipinski definition) is 2. The summed E-state index contributed by atoms with van der Waals surface area (Å²) in [4.78, 5) is 11.6. The van der Waals surface area contributed by atoms with Gasteiger partial charge < -0.3 is 4.74 Å². The highest BCUT2D eigenvalue weighted by Crippen LogP contribution is 2.53. The first kappa shape index (κ1) is 22.6. The zero-order chi connectivity index (χ0) is 22.1. The molecule has 0 aliphatic heterocycles. The maximum atomic E-state index is 13.7. The minimum atomic E-state index is -7.13. The molecule has 0 fully saturated rings. The highest BCUT2D eigenvalue weighted by Gasteiger charge is 2.83. The summed E-state index contributed by atoms with van der Waals surface area (Å²) in [6, 6.07) is 11.5. The zero-order valence-electron chi connectivity index (χ0n) is 14.1. The summed E-state index contributed by atoms with van der Waals surface area (Å²) in [5, 5.41) is 0. The number of alkyl halides is 9. The molecule has 0 spiro atoms. The van der Waals surface area contributed by atoms with Crippen molar-refractivity contribution in [3.05, 3.63) is 65.7 Å². The molecule has 0 N–H and O–H groups in total. The van der Waals surface area contributed by atoms with Crippen LogP contribution in [0.1, 0.15) is 15.9 Å². The Bertz CT molecular complexity index is 844. The molecule has 0 unspecified atom stereocenters. The lowest BCUT2D eigenvalue weighted by Crippen LogP contribution is -2.63. The van der Waals surface area contributed by atoms with Gasteiger partial charge in [0.05, 0.1) is 0 Å². The van der Waals surface area contributed by atoms with Gasteiger partial charge in [0.15, 0.2) is 0 Å². The molecule has 0 aliphatic rings. The summed E-state index contributed by atoms with van der Waals surface area (Å²) in [6.45, 7) is 0.0279. The van der Waals surface area contributed by atoms with Crippen LogP contribution in [-0.2, 0) is 6.61 Å². The lowest BCUT2D eigenvalue weighted by molar-refractivity contribution is -0.386. The summed E-state index contributed by atoms with van der Waals surface area (Å²) in [6.07, 6.45) is -6.99. The molecule has 0 aromatic heterocycles. The van der Waals surface area contributed by atoms with Crippen LogP contribution in [-0.4, -0.2) is 29.7 Å². The van der Waals surface area contributed by atoms with E-state index >= 15 is 0 Å². The van der Waals surface area contributed by atoms with E-state index in [4.69, 9.17) is 4.74 Å². The topological polar surface area (TPSA) is 26.3 Å². The summed E-state index contributed by atoms with van der Waals surface area (Å²) in [5.74, 6) is -23.3. The van der Waals surface area contributed by atoms with Crippen molar-refractivity contribution in [1.29, 1.82) is 0 Å². The largest absolute Gasteiger partial charge is 0.489 e. The number of benzene rings is 2. The average molecular weight is 430 g/mol. The van der Waals surface area contributed by atoms with E-state index in [0.717, 1.165) is 12.1 Å². The fourth-order valence-corrected chi connectivity index (χ4v) is 2.14. The summed E-state index contributed by atoms with van der Waals surface area (Å²) < 4.78 is 121. The van der Waals surface area contributed by atoms with Crippen LogP contribution in [0.25, 0.3) is 0 Å². The number of carbonyl (C=O) groups excluding carboxylic acids is 1. The maximum absolute atomic E-state index is 13.7. The zero-order valence-corrected chi connectivity index (χ0v) is 14.1. The van der Waals surface area contributed by atoms with Crippen molar-refractivity contribution in [1.82, 2.24) is 0 Å². The highest BCUT2D eigenvalue weighted by atomic mass is 19.4. The van der Waals surface area contributed by atoms with Crippen molar-refractivity contribution in [2.45, 2.75) is 30.6 Å². The molecule has 158 valence electrons. The Labute approximate surface area is 157 Å². The molecule has 0 heterocycles. The number of hydrogen-bond donors (Lipinski definition) is 0. The standard InChI is InChI=1S/C18H11F9O2/c19-15(20,16(21,22)17(23,24)18(25,26)27)14(28)12-6-8-13(9-7-12)29-10-11-4-2-1-3-5-11/h1-9H,10H2. The first-order chi connectivity index (χ1) is 13.2. The van der Waals surface area contributed by atoms with E-state index in [1.54, 1.807) is 30.3 Å². The van der Waals surface area contributed by atoms with E-state index in [0.29, 0.717) is 17.7 Å². The van der Waals surface area contributed by atoms with Crippen molar-refractivity contribution in [2.24, 2.45) is 0 Å². The SMILES string of the molecule is O=C(c1ccc(OCc2ccccc2)cc1)C(F)(F)C(F)(F)C(F)(F)C(F)(F)F. The van der Waals surface area contributed by atoms with Crippen molar-refractivity contribution in [3.63, 3.8) is 0 Å². The predicted molar refractivity (Wildman–Crippen MR) is 82.4 cm³/mol. The summed E-state index contributed by atoms with van der Waals surface area (Å²) >= 11 is 0. The van der Waals surface area contributed by atoms with Crippen molar-refractivity contribution < 1.29 is 49.0 Å². The van der Waals surface area contributed by atoms with Gasteiger partial charge in [-0.1, -0.05) is 30.3 Å². The van der Waals surface area contributed by atoms with Gasteiger partial charge in [-0.15, -0.1) is 0 Å². The minimum Gasteiger partial charge on any atom is -0.489 e. The molecule has 11 heteroatoms. The van der Waals surface area contributed by atoms with Gasteiger partial charge in [-0.3, -0.25) is 4.79 Å². The third kappa shape index (κ3) is 4.18. The van der Waals surface area contributed by atoms with Crippen LogP contribution in [0, 0.1) is 0 Å². The average Bonchev–Trinajstić information content (AvgIpc) is 2.65. The Hall–Kier alpha value is -2.72. The number of rotatable bonds is 7. The second-order valence-corrected chi connectivity index (χ2v) is 5.85. The van der Waals surface area contributed by atoms with Gasteiger partial charge in [0.1, 0.15) is 12.4 Å². The molecular weight excluding hydrogens is 419 g/mol. The highest BCUT2D eigenvalue weighted by molar-refractivity contribution is 6.02. The molecule has 0 aliphatic carbocycles. The first-order valence-corrected chi connectivity index (χ1v) is 7.73. The minimum absolute atomic E-state index is 0.0149. The number of carbonyl (C=O) groups is 1. The Morgan fingerprint density at radius 3 is 1.72 bits per heavy atom. The molecule has 2 nitrogen and oxygen atoms in total. The van der Waals surface area contributed by atoms with Crippen LogP contribution in [0.5, 0.6) is 5.75 Å². The molecule has 0 radical (unpaired) electrons. The van der Waals surface area contributed by atoms with E-state index in [-0.39, 0.29) is 12.4 Å². The molecule has 0 saturated heterocycles. The van der Waals surface area contributed by atoms with E-state index in [1.165, 1.54) is 0 Å². The van der Waals surface area contributed by atoms with Crippen molar-refractivity contribution in [2.75, 3.05) is 0 Å². The van der Waals surface area contributed by atoms with Crippen LogP contribution in [0.2, 0.25) is 0 Å². The van der Waals surface area contributed by atoms with Crippen LogP contribution in [0.3, 0.4) is 0 Å². The molecule has 0 saturated carbocycles. The van der Waals surface area contributed by atoms with Gasteiger partial charge in [0.25, 0.3) is 0 Å². The van der Waals surface area contributed by atoms with Crippen molar-refractivity contribution >= 4 is 5.78 Å². The quantitative estimate of drug-likeness (QED) is 0.403. The molecule has 2 rings (SSSR count). The lowest BCUT2D eigenvalue weighted by atomic mass is 9.96. The molecule has 0 atom stereocenters. The Balaban J connectivity index is 2.20. The number of ketones is 1. The smallest absolute Gasteiger partial charge is 0.460 e. The second-order valence-electron chi connectivity index (χ2n) is 5.85. The number of ether oxygens (including phenoxy) is 1. The number of halogens is 9. The van der Waals surface area contributed by atoms with E-state index < -0.39 is 35.3 Å². The normalized spacial score (nSPS) is 13.3. The Morgan fingerprint density at radius 1 is 0.724 bits per heavy atom. The Morgan fingerprint density at radius 2 is 1.24 bits per heavy atom. The molecule has 2 aromatic rings. The van der Waals surface area contributed by atoms with Crippen molar-refractivity contribution in [3.8, 4) is 5.75 Å². The monoisotopic (exact) mass is 430 g/mol. The summed E-state index contributed by atoms with van der Waals surface area (Å²) in [5.41, 5.74) is -0.479. The Kier molecular flexibility index (Phi) is 5.91. The molecule has 2 aromatic carbocycles. The predicted octanol–water partition coefficient (Wildman–Crippen LogP) is 5.92. The van der Waals surface area contributed by atoms with Gasteiger partial charge in [0.2, 0.25) is 5.78 Å². The van der Waals surface area contributed by atoms with Gasteiger partial charge in [-0.2, -0.15) is 39.5 Å². The molecule has 0 bridgehead atoms. The lowest BCUT2D eigenvalue weighted by Gasteiger charge is -2.32. The molecule has 0 amide bonds. The van der Waals surface area contributed by atoms with Crippen LogP contribution < -0.4 is 4.74 Å². The maximum Gasteiger partial charge on any atom is 0.460 e. The van der Waals surface area contributed by atoms with Crippen LogP contribution in [0.4, 0.5) is 39.5 Å². The first-order valence-electron chi connectivity index (χ1n) is 7.73. The fourth-order valence-electron chi connectivity index (χ4n) is 2.14. The van der Waals surface area contributed by atoms with E-state index in [2.05, 4.69) is 0 Å². The third-order valence-electron chi connectivity index (χ3n) is 3.79.